The summed E-state index contributed by atoms with van der Waals surface area (Å²) in [6.07, 6.45) is 1.48. The third-order valence-electron chi connectivity index (χ3n) is 1.43. The molecule has 0 saturated carbocycles. The van der Waals surface area contributed by atoms with Gasteiger partial charge in [0.05, 0.1) is 6.04 Å². The Labute approximate surface area is 67.4 Å². The molecule has 0 aromatic rings. The van der Waals surface area contributed by atoms with Crippen molar-refractivity contribution in [3.63, 3.8) is 0 Å². The van der Waals surface area contributed by atoms with Gasteiger partial charge >= 0.3 is 0 Å². The van der Waals surface area contributed by atoms with Crippen molar-refractivity contribution >= 4 is 33.6 Å². The largest absolute Gasteiger partial charge is 0.274 e. The molecule has 1 heterocycles. The van der Waals surface area contributed by atoms with Gasteiger partial charge in [0.15, 0.2) is 0 Å². The molecule has 0 aromatic carbocycles. The molecule has 0 bridgehead atoms. The van der Waals surface area contributed by atoms with Crippen LogP contribution in [0, 0.1) is 0 Å². The second-order valence-electron chi connectivity index (χ2n) is 2.05. The topological polar surface area (TPSA) is 20.3 Å². The van der Waals surface area contributed by atoms with Crippen LogP contribution in [0.5, 0.6) is 0 Å². The maximum atomic E-state index is 10.7. The zero-order valence-electron chi connectivity index (χ0n) is 4.81. The number of carbonyl (C=O) groups is 1. The number of nitrogens with zero attached hydrogens (tertiary/aromatic N) is 1. The Hall–Kier alpha value is 0.240. The summed E-state index contributed by atoms with van der Waals surface area (Å²) >= 11 is 8.85. The van der Waals surface area contributed by atoms with Gasteiger partial charge in [0, 0.05) is 23.5 Å². The maximum absolute atomic E-state index is 10.7. The number of alkyl halides is 1. The Morgan fingerprint density at radius 1 is 1.89 bits per heavy atom. The van der Waals surface area contributed by atoms with E-state index in [0.29, 0.717) is 6.42 Å². The Balaban J connectivity index is 2.51. The zero-order chi connectivity index (χ0) is 6.85. The highest BCUT2D eigenvalue weighted by Crippen LogP contribution is 2.21. The van der Waals surface area contributed by atoms with Gasteiger partial charge in [0.2, 0.25) is 5.91 Å². The summed E-state index contributed by atoms with van der Waals surface area (Å²) in [5.41, 5.74) is 0. The molecule has 4 heteroatoms. The van der Waals surface area contributed by atoms with Gasteiger partial charge in [-0.25, -0.2) is 0 Å². The van der Waals surface area contributed by atoms with E-state index in [4.69, 9.17) is 11.8 Å². The van der Waals surface area contributed by atoms with Crippen LogP contribution in [-0.4, -0.2) is 21.7 Å². The molecule has 1 rings (SSSR count). The molecule has 1 atom stereocenters. The van der Waals surface area contributed by atoms with E-state index in [1.54, 1.807) is 0 Å². The zero-order valence-corrected chi connectivity index (χ0v) is 7.15. The monoisotopic (exact) mass is 211 g/mol. The molecular formula is C5H7BrClNO. The Morgan fingerprint density at radius 2 is 2.56 bits per heavy atom. The summed E-state index contributed by atoms with van der Waals surface area (Å²) in [6.45, 7) is 0. The lowest BCUT2D eigenvalue weighted by Crippen LogP contribution is -2.24. The molecule has 0 aromatic heterocycles. The van der Waals surface area contributed by atoms with Crippen LogP contribution in [0.3, 0.4) is 0 Å². The fourth-order valence-corrected chi connectivity index (χ4v) is 1.88. The fourth-order valence-electron chi connectivity index (χ4n) is 0.852. The number of amides is 1. The SMILES string of the molecule is O=C1CCC(CBr)N1Cl. The van der Waals surface area contributed by atoms with E-state index in [9.17, 15) is 4.79 Å². The summed E-state index contributed by atoms with van der Waals surface area (Å²) in [5.74, 6) is 0.0427. The molecule has 1 aliphatic heterocycles. The highest BCUT2D eigenvalue weighted by Gasteiger charge is 2.28. The molecule has 2 nitrogen and oxygen atoms in total. The average Bonchev–Trinajstić information content (AvgIpc) is 2.15. The molecule has 0 aliphatic carbocycles. The van der Waals surface area contributed by atoms with Crippen LogP contribution in [-0.2, 0) is 4.79 Å². The van der Waals surface area contributed by atoms with Crippen molar-refractivity contribution in [1.29, 1.82) is 0 Å². The van der Waals surface area contributed by atoms with Crippen molar-refractivity contribution in [3.8, 4) is 0 Å². The predicted octanol–water partition coefficient (Wildman–Crippen LogP) is 1.53. The average molecular weight is 212 g/mol. The minimum Gasteiger partial charge on any atom is -0.274 e. The highest BCUT2D eigenvalue weighted by molar-refractivity contribution is 9.09. The van der Waals surface area contributed by atoms with Crippen molar-refractivity contribution in [3.05, 3.63) is 0 Å². The summed E-state index contributed by atoms with van der Waals surface area (Å²) in [6, 6.07) is 0.208. The number of hydrogen-bond acceptors (Lipinski definition) is 1. The first kappa shape index (κ1) is 7.35. The van der Waals surface area contributed by atoms with E-state index in [-0.39, 0.29) is 11.9 Å². The maximum Gasteiger partial charge on any atom is 0.237 e. The number of halogens is 2. The van der Waals surface area contributed by atoms with Gasteiger partial charge < -0.3 is 0 Å². The van der Waals surface area contributed by atoms with Crippen molar-refractivity contribution in [2.24, 2.45) is 0 Å². The first-order valence-corrected chi connectivity index (χ1v) is 4.25. The van der Waals surface area contributed by atoms with E-state index in [2.05, 4.69) is 15.9 Å². The quantitative estimate of drug-likeness (QED) is 0.477. The molecule has 0 spiro atoms. The summed E-state index contributed by atoms with van der Waals surface area (Å²) < 4.78 is 1.29. The van der Waals surface area contributed by atoms with E-state index >= 15 is 0 Å². The van der Waals surface area contributed by atoms with Gasteiger partial charge in [-0.3, -0.25) is 9.21 Å². The van der Waals surface area contributed by atoms with Crippen LogP contribution in [0.15, 0.2) is 0 Å². The lowest BCUT2D eigenvalue weighted by atomic mass is 10.3. The van der Waals surface area contributed by atoms with Crippen LogP contribution in [0.4, 0.5) is 0 Å². The van der Waals surface area contributed by atoms with Crippen LogP contribution < -0.4 is 0 Å². The van der Waals surface area contributed by atoms with Gasteiger partial charge in [-0.2, -0.15) is 0 Å². The Bertz CT molecular complexity index is 130. The van der Waals surface area contributed by atoms with Gasteiger partial charge in [-0.15, -0.1) is 0 Å². The van der Waals surface area contributed by atoms with Gasteiger partial charge in [0.25, 0.3) is 0 Å². The Kier molecular flexibility index (Phi) is 2.35. The Morgan fingerprint density at radius 3 is 2.78 bits per heavy atom. The van der Waals surface area contributed by atoms with Crippen molar-refractivity contribution in [1.82, 2.24) is 4.42 Å². The second-order valence-corrected chi connectivity index (χ2v) is 3.06. The van der Waals surface area contributed by atoms with Gasteiger partial charge in [-0.05, 0) is 6.42 Å². The minimum absolute atomic E-state index is 0.0427. The smallest absolute Gasteiger partial charge is 0.237 e. The molecule has 1 fully saturated rings. The minimum atomic E-state index is 0.0427. The molecule has 1 amide bonds. The van der Waals surface area contributed by atoms with Crippen LogP contribution >= 0.6 is 27.7 Å². The first-order valence-electron chi connectivity index (χ1n) is 2.79. The lowest BCUT2D eigenvalue weighted by molar-refractivity contribution is -0.124. The first-order chi connectivity index (χ1) is 4.25. The van der Waals surface area contributed by atoms with Crippen LogP contribution in [0.1, 0.15) is 12.8 Å². The van der Waals surface area contributed by atoms with E-state index in [1.165, 1.54) is 4.42 Å². The molecule has 1 saturated heterocycles. The second kappa shape index (κ2) is 2.88. The number of carbonyl (C=O) groups excluding carboxylic acids is 1. The van der Waals surface area contributed by atoms with E-state index in [1.807, 2.05) is 0 Å². The number of rotatable bonds is 1. The van der Waals surface area contributed by atoms with E-state index < -0.39 is 0 Å². The molecule has 0 radical (unpaired) electrons. The third-order valence-corrected chi connectivity index (χ3v) is 2.64. The van der Waals surface area contributed by atoms with Crippen LogP contribution in [0.2, 0.25) is 0 Å². The summed E-state index contributed by atoms with van der Waals surface area (Å²) in [4.78, 5) is 10.7. The molecule has 52 valence electrons. The predicted molar refractivity (Wildman–Crippen MR) is 39.5 cm³/mol. The molecular weight excluding hydrogens is 205 g/mol. The molecule has 1 aliphatic rings. The molecule has 0 N–H and O–H groups in total. The van der Waals surface area contributed by atoms with Crippen molar-refractivity contribution < 1.29 is 4.79 Å². The summed E-state index contributed by atoms with van der Waals surface area (Å²) in [5, 5.41) is 0.780. The third kappa shape index (κ3) is 1.38. The van der Waals surface area contributed by atoms with Crippen LogP contribution in [0.25, 0.3) is 0 Å². The molecule has 1 unspecified atom stereocenters. The number of hydrogen-bond donors (Lipinski definition) is 0. The van der Waals surface area contributed by atoms with Gasteiger partial charge in [0.1, 0.15) is 0 Å². The normalized spacial score (nSPS) is 27.6. The van der Waals surface area contributed by atoms with Crippen molar-refractivity contribution in [2.75, 3.05) is 5.33 Å². The fraction of sp³-hybridized carbons (Fsp3) is 0.800. The lowest BCUT2D eigenvalue weighted by Gasteiger charge is -2.12. The van der Waals surface area contributed by atoms with Gasteiger partial charge in [-0.1, -0.05) is 15.9 Å². The standard InChI is InChI=1S/C5H7BrClNO/c6-3-4-1-2-5(9)8(4)7/h4H,1-3H2. The summed E-state index contributed by atoms with van der Waals surface area (Å²) in [7, 11) is 0. The van der Waals surface area contributed by atoms with E-state index in [0.717, 1.165) is 11.8 Å². The molecule has 9 heavy (non-hydrogen) atoms. The van der Waals surface area contributed by atoms with Crippen molar-refractivity contribution in [2.45, 2.75) is 18.9 Å². The highest BCUT2D eigenvalue weighted by atomic mass is 79.9.